The van der Waals surface area contributed by atoms with Crippen molar-refractivity contribution in [3.63, 3.8) is 0 Å². The summed E-state index contributed by atoms with van der Waals surface area (Å²) in [4.78, 5) is 29.7. The van der Waals surface area contributed by atoms with Gasteiger partial charge in [-0.1, -0.05) is 0 Å². The van der Waals surface area contributed by atoms with Gasteiger partial charge in [0, 0.05) is 38.8 Å². The van der Waals surface area contributed by atoms with Crippen LogP contribution in [0, 0.1) is 18.7 Å². The number of rotatable bonds is 5. The number of piperidine rings is 1. The van der Waals surface area contributed by atoms with Crippen molar-refractivity contribution in [3.8, 4) is 5.75 Å². The van der Waals surface area contributed by atoms with Crippen LogP contribution in [0.1, 0.15) is 29.2 Å². The van der Waals surface area contributed by atoms with Crippen molar-refractivity contribution in [2.24, 2.45) is 11.7 Å². The minimum atomic E-state index is -0.464. The molecule has 0 unspecified atom stereocenters. The third-order valence-electron chi connectivity index (χ3n) is 4.35. The van der Waals surface area contributed by atoms with Crippen molar-refractivity contribution in [1.29, 1.82) is 0 Å². The van der Waals surface area contributed by atoms with E-state index in [1.807, 2.05) is 0 Å². The Balaban J connectivity index is 1.71. The van der Waals surface area contributed by atoms with E-state index in [2.05, 4.69) is 4.98 Å². The van der Waals surface area contributed by atoms with E-state index in [1.54, 1.807) is 11.8 Å². The van der Waals surface area contributed by atoms with Gasteiger partial charge in [0.1, 0.15) is 23.9 Å². The average Bonchev–Trinajstić information content (AvgIpc) is 3.03. The number of aromatic nitrogens is 1. The van der Waals surface area contributed by atoms with Gasteiger partial charge in [0.15, 0.2) is 11.6 Å². The van der Waals surface area contributed by atoms with Gasteiger partial charge in [-0.05, 0) is 24.3 Å². The summed E-state index contributed by atoms with van der Waals surface area (Å²) < 4.78 is 24.0. The second-order valence-corrected chi connectivity index (χ2v) is 6.33. The predicted octanol–water partition coefficient (Wildman–Crippen LogP) is 1.91. The highest BCUT2D eigenvalue weighted by molar-refractivity contribution is 5.92. The zero-order valence-electron chi connectivity index (χ0n) is 14.4. The maximum absolute atomic E-state index is 13.0. The maximum atomic E-state index is 13.0. The highest BCUT2D eigenvalue weighted by Crippen LogP contribution is 2.26. The summed E-state index contributed by atoms with van der Waals surface area (Å²) in [5.74, 6) is -0.405. The molecule has 138 valence electrons. The Bertz CT molecular complexity index is 790. The molecule has 1 aromatic carbocycles. The number of hydrogen-bond acceptors (Lipinski definition) is 5. The molecule has 26 heavy (non-hydrogen) atoms. The maximum Gasteiger partial charge on any atom is 0.275 e. The fourth-order valence-electron chi connectivity index (χ4n) is 3.12. The summed E-state index contributed by atoms with van der Waals surface area (Å²) in [7, 11) is 0. The van der Waals surface area contributed by atoms with Crippen LogP contribution in [0.4, 0.5) is 4.39 Å². The van der Waals surface area contributed by atoms with Crippen LogP contribution in [0.5, 0.6) is 5.75 Å². The summed E-state index contributed by atoms with van der Waals surface area (Å²) in [6.45, 7) is 2.43. The summed E-state index contributed by atoms with van der Waals surface area (Å²) in [5, 5.41) is 0. The fourth-order valence-corrected chi connectivity index (χ4v) is 3.12. The lowest BCUT2D eigenvalue weighted by Crippen LogP contribution is -2.49. The Morgan fingerprint density at radius 3 is 2.73 bits per heavy atom. The SMILES string of the molecule is Cc1nc(C(=O)N2CC[C@H](Oc3ccc(F)cc3)[C@@H](CC(N)=O)C2)co1. The van der Waals surface area contributed by atoms with Crippen LogP contribution in [0.25, 0.3) is 0 Å². The van der Waals surface area contributed by atoms with E-state index in [4.69, 9.17) is 14.9 Å². The lowest BCUT2D eigenvalue weighted by Gasteiger charge is -2.37. The van der Waals surface area contributed by atoms with Crippen LogP contribution in [0.2, 0.25) is 0 Å². The lowest BCUT2D eigenvalue weighted by atomic mass is 9.91. The average molecular weight is 361 g/mol. The molecule has 0 radical (unpaired) electrons. The van der Waals surface area contributed by atoms with Crippen LogP contribution >= 0.6 is 0 Å². The highest BCUT2D eigenvalue weighted by atomic mass is 19.1. The molecular weight excluding hydrogens is 341 g/mol. The van der Waals surface area contributed by atoms with Crippen LogP contribution in [0.15, 0.2) is 34.9 Å². The molecule has 2 N–H and O–H groups in total. The number of oxazole rings is 1. The van der Waals surface area contributed by atoms with Crippen LogP contribution in [-0.2, 0) is 4.79 Å². The minimum Gasteiger partial charge on any atom is -0.490 e. The summed E-state index contributed by atoms with van der Waals surface area (Å²) in [6.07, 6.45) is 1.64. The second-order valence-electron chi connectivity index (χ2n) is 6.33. The summed E-state index contributed by atoms with van der Waals surface area (Å²) in [6, 6.07) is 5.69. The minimum absolute atomic E-state index is 0.0908. The monoisotopic (exact) mass is 361 g/mol. The van der Waals surface area contributed by atoms with E-state index in [1.165, 1.54) is 30.5 Å². The van der Waals surface area contributed by atoms with Gasteiger partial charge >= 0.3 is 0 Å². The summed E-state index contributed by atoms with van der Waals surface area (Å²) in [5.41, 5.74) is 5.59. The number of likely N-dealkylation sites (tertiary alicyclic amines) is 1. The van der Waals surface area contributed by atoms with Gasteiger partial charge in [0.05, 0.1) is 0 Å². The van der Waals surface area contributed by atoms with E-state index in [0.29, 0.717) is 31.2 Å². The number of aryl methyl sites for hydroxylation is 1. The highest BCUT2D eigenvalue weighted by Gasteiger charge is 2.35. The number of carbonyl (C=O) groups is 2. The standard InChI is InChI=1S/C18H20FN3O4/c1-11-21-15(10-25-11)18(24)22-7-6-16(12(9-22)8-17(20)23)26-14-4-2-13(19)3-5-14/h2-5,10,12,16H,6-9H2,1H3,(H2,20,23)/t12-,16-/m0/s1. The molecule has 0 aliphatic carbocycles. The molecule has 1 fully saturated rings. The van der Waals surface area contributed by atoms with Crippen LogP contribution in [-0.4, -0.2) is 40.9 Å². The molecule has 1 aliphatic heterocycles. The van der Waals surface area contributed by atoms with Crippen LogP contribution in [0.3, 0.4) is 0 Å². The van der Waals surface area contributed by atoms with Gasteiger partial charge in [-0.3, -0.25) is 9.59 Å². The number of halogens is 1. The third kappa shape index (κ3) is 4.19. The molecule has 2 aromatic rings. The third-order valence-corrected chi connectivity index (χ3v) is 4.35. The predicted molar refractivity (Wildman–Crippen MR) is 89.9 cm³/mol. The van der Waals surface area contributed by atoms with Crippen molar-refractivity contribution < 1.29 is 23.1 Å². The van der Waals surface area contributed by atoms with Crippen molar-refractivity contribution in [2.75, 3.05) is 13.1 Å². The Labute approximate surface area is 149 Å². The first-order valence-electron chi connectivity index (χ1n) is 8.34. The Hall–Kier alpha value is -2.90. The van der Waals surface area contributed by atoms with Crippen molar-refractivity contribution in [2.45, 2.75) is 25.9 Å². The zero-order chi connectivity index (χ0) is 18.7. The smallest absolute Gasteiger partial charge is 0.275 e. The topological polar surface area (TPSA) is 98.7 Å². The molecule has 1 aliphatic rings. The van der Waals surface area contributed by atoms with Gasteiger partial charge in [-0.2, -0.15) is 0 Å². The molecule has 2 atom stereocenters. The molecule has 3 rings (SSSR count). The Morgan fingerprint density at radius 1 is 1.38 bits per heavy atom. The first kappa shape index (κ1) is 17.9. The van der Waals surface area contributed by atoms with E-state index in [-0.39, 0.29) is 35.9 Å². The molecule has 7 nitrogen and oxygen atoms in total. The molecule has 8 heteroatoms. The van der Waals surface area contributed by atoms with Gasteiger partial charge in [-0.15, -0.1) is 0 Å². The molecule has 0 saturated carbocycles. The molecule has 2 heterocycles. The first-order chi connectivity index (χ1) is 12.4. The molecule has 1 aromatic heterocycles. The second kappa shape index (κ2) is 7.55. The van der Waals surface area contributed by atoms with Gasteiger partial charge in [0.2, 0.25) is 5.91 Å². The number of nitrogens with two attached hydrogens (primary N) is 1. The van der Waals surface area contributed by atoms with Gasteiger partial charge in [-0.25, -0.2) is 9.37 Å². The fraction of sp³-hybridized carbons (Fsp3) is 0.389. The number of hydrogen-bond donors (Lipinski definition) is 1. The first-order valence-corrected chi connectivity index (χ1v) is 8.34. The van der Waals surface area contributed by atoms with Crippen molar-refractivity contribution in [3.05, 3.63) is 47.9 Å². The van der Waals surface area contributed by atoms with Gasteiger partial charge < -0.3 is 19.8 Å². The van der Waals surface area contributed by atoms with Crippen molar-refractivity contribution in [1.82, 2.24) is 9.88 Å². The number of nitrogens with zero attached hydrogens (tertiary/aromatic N) is 2. The molecular formula is C18H20FN3O4. The Kier molecular flexibility index (Phi) is 5.20. The number of carbonyl (C=O) groups excluding carboxylic acids is 2. The number of ether oxygens (including phenoxy) is 1. The largest absolute Gasteiger partial charge is 0.490 e. The summed E-state index contributed by atoms with van der Waals surface area (Å²) >= 11 is 0. The molecule has 2 amide bonds. The number of benzene rings is 1. The van der Waals surface area contributed by atoms with E-state index in [0.717, 1.165) is 0 Å². The van der Waals surface area contributed by atoms with E-state index < -0.39 is 5.91 Å². The van der Waals surface area contributed by atoms with Crippen molar-refractivity contribution >= 4 is 11.8 Å². The quantitative estimate of drug-likeness (QED) is 0.877. The Morgan fingerprint density at radius 2 is 2.12 bits per heavy atom. The van der Waals surface area contributed by atoms with Crippen LogP contribution < -0.4 is 10.5 Å². The zero-order valence-corrected chi connectivity index (χ0v) is 14.4. The number of primary amides is 1. The number of amides is 2. The lowest BCUT2D eigenvalue weighted by molar-refractivity contribution is -0.120. The normalized spacial score (nSPS) is 20.0. The van der Waals surface area contributed by atoms with E-state index >= 15 is 0 Å². The molecule has 0 spiro atoms. The molecule has 1 saturated heterocycles. The van der Waals surface area contributed by atoms with E-state index in [9.17, 15) is 14.0 Å². The molecule has 0 bridgehead atoms. The van der Waals surface area contributed by atoms with Gasteiger partial charge in [0.25, 0.3) is 5.91 Å².